The number of aryl methyl sites for hydroxylation is 1. The fourth-order valence-corrected chi connectivity index (χ4v) is 3.73. The van der Waals surface area contributed by atoms with Crippen molar-refractivity contribution < 1.29 is 18.7 Å². The van der Waals surface area contributed by atoms with E-state index < -0.39 is 0 Å². The molecule has 160 valence electrons. The van der Waals surface area contributed by atoms with Crippen molar-refractivity contribution in [3.05, 3.63) is 42.0 Å². The second-order valence-corrected chi connectivity index (χ2v) is 7.31. The van der Waals surface area contributed by atoms with Crippen LogP contribution in [0.3, 0.4) is 0 Å². The Labute approximate surface area is 178 Å². The number of nitrogens with one attached hydrogen (secondary N) is 1. The monoisotopic (exact) mass is 421 g/mol. The Morgan fingerprint density at radius 1 is 1.13 bits per heavy atom. The smallest absolute Gasteiger partial charge is 0.338 e. The van der Waals surface area contributed by atoms with Gasteiger partial charge in [0.25, 0.3) is 0 Å². The molecule has 0 spiro atoms. The highest BCUT2D eigenvalue weighted by Crippen LogP contribution is 2.28. The zero-order chi connectivity index (χ0) is 21.4. The van der Waals surface area contributed by atoms with Crippen molar-refractivity contribution in [1.82, 2.24) is 14.5 Å². The van der Waals surface area contributed by atoms with Crippen LogP contribution >= 0.6 is 0 Å². The van der Waals surface area contributed by atoms with Crippen molar-refractivity contribution in [2.75, 3.05) is 43.1 Å². The number of morpholine rings is 1. The number of carbonyl (C=O) groups is 1. The van der Waals surface area contributed by atoms with Gasteiger partial charge in [0, 0.05) is 31.9 Å². The van der Waals surface area contributed by atoms with Gasteiger partial charge in [0.15, 0.2) is 5.58 Å². The number of rotatable bonds is 5. The third-order valence-corrected chi connectivity index (χ3v) is 5.36. The molecule has 2 aromatic heterocycles. The normalized spacial score (nSPS) is 14.3. The number of fused-ring (bicyclic) bond motifs is 2. The van der Waals surface area contributed by atoms with Gasteiger partial charge >= 0.3 is 12.0 Å². The molecule has 0 bridgehead atoms. The molecule has 0 unspecified atom stereocenters. The molecule has 5 rings (SSSR count). The summed E-state index contributed by atoms with van der Waals surface area (Å²) in [6.07, 6.45) is 0. The van der Waals surface area contributed by atoms with Gasteiger partial charge in [-0.1, -0.05) is 0 Å². The zero-order valence-electron chi connectivity index (χ0n) is 17.4. The summed E-state index contributed by atoms with van der Waals surface area (Å²) in [6, 6.07) is 11.7. The third kappa shape index (κ3) is 3.68. The quantitative estimate of drug-likeness (QED) is 0.490. The van der Waals surface area contributed by atoms with Gasteiger partial charge in [-0.25, -0.2) is 9.78 Å². The Kier molecular flexibility index (Phi) is 4.95. The molecule has 2 aromatic carbocycles. The summed E-state index contributed by atoms with van der Waals surface area (Å²) in [5.41, 5.74) is 4.59. The van der Waals surface area contributed by atoms with E-state index in [4.69, 9.17) is 13.9 Å². The predicted molar refractivity (Wildman–Crippen MR) is 117 cm³/mol. The maximum absolute atomic E-state index is 12.0. The van der Waals surface area contributed by atoms with E-state index in [1.165, 1.54) is 0 Å². The maximum atomic E-state index is 12.0. The number of imidazole rings is 1. The lowest BCUT2D eigenvalue weighted by Gasteiger charge is -2.28. The Morgan fingerprint density at radius 3 is 2.77 bits per heavy atom. The van der Waals surface area contributed by atoms with E-state index in [2.05, 4.69) is 20.2 Å². The van der Waals surface area contributed by atoms with Gasteiger partial charge in [0.05, 0.1) is 36.4 Å². The summed E-state index contributed by atoms with van der Waals surface area (Å²) in [5, 5.41) is 3.15. The van der Waals surface area contributed by atoms with Crippen molar-refractivity contribution >= 4 is 45.8 Å². The fraction of sp³-hybridized carbons (Fsp3) is 0.318. The first-order valence-electron chi connectivity index (χ1n) is 10.3. The van der Waals surface area contributed by atoms with Crippen LogP contribution < -0.4 is 10.2 Å². The largest absolute Gasteiger partial charge is 0.462 e. The SMILES string of the molecule is CCOC(=O)c1ccc2c(c1)nc(Nc1nc3ccc(N4CCOCC4)cc3o1)n2C. The van der Waals surface area contributed by atoms with E-state index in [0.717, 1.165) is 43.0 Å². The van der Waals surface area contributed by atoms with Crippen LogP contribution in [0.5, 0.6) is 0 Å². The van der Waals surface area contributed by atoms with E-state index in [1.807, 2.05) is 35.9 Å². The van der Waals surface area contributed by atoms with Crippen molar-refractivity contribution in [1.29, 1.82) is 0 Å². The minimum atomic E-state index is -0.361. The molecule has 9 nitrogen and oxygen atoms in total. The summed E-state index contributed by atoms with van der Waals surface area (Å²) in [7, 11) is 1.89. The van der Waals surface area contributed by atoms with E-state index in [0.29, 0.717) is 35.2 Å². The number of aromatic nitrogens is 3. The lowest BCUT2D eigenvalue weighted by molar-refractivity contribution is 0.0526. The number of anilines is 3. The molecule has 9 heteroatoms. The summed E-state index contributed by atoms with van der Waals surface area (Å²) in [6.45, 7) is 5.29. The Morgan fingerprint density at radius 2 is 1.97 bits per heavy atom. The van der Waals surface area contributed by atoms with Gasteiger partial charge in [-0.15, -0.1) is 0 Å². The molecule has 1 saturated heterocycles. The molecular formula is C22H23N5O4. The fourth-order valence-electron chi connectivity index (χ4n) is 3.73. The second kappa shape index (κ2) is 7.92. The van der Waals surface area contributed by atoms with Gasteiger partial charge in [0.2, 0.25) is 5.95 Å². The van der Waals surface area contributed by atoms with E-state index in [1.54, 1.807) is 19.1 Å². The van der Waals surface area contributed by atoms with Crippen LogP contribution in [0.1, 0.15) is 17.3 Å². The first-order valence-corrected chi connectivity index (χ1v) is 10.3. The van der Waals surface area contributed by atoms with Crippen LogP contribution in [0.2, 0.25) is 0 Å². The summed E-state index contributed by atoms with van der Waals surface area (Å²) >= 11 is 0. The van der Waals surface area contributed by atoms with Gasteiger partial charge in [0.1, 0.15) is 5.52 Å². The van der Waals surface area contributed by atoms with Crippen molar-refractivity contribution in [3.63, 3.8) is 0 Å². The Bertz CT molecular complexity index is 1260. The average molecular weight is 421 g/mol. The number of ether oxygens (including phenoxy) is 2. The summed E-state index contributed by atoms with van der Waals surface area (Å²) in [5.74, 6) is 0.204. The van der Waals surface area contributed by atoms with Crippen LogP contribution in [-0.4, -0.2) is 53.4 Å². The highest BCUT2D eigenvalue weighted by Gasteiger charge is 2.16. The molecule has 3 heterocycles. The first kappa shape index (κ1) is 19.4. The third-order valence-electron chi connectivity index (χ3n) is 5.36. The van der Waals surface area contributed by atoms with Crippen LogP contribution in [0, 0.1) is 0 Å². The molecule has 31 heavy (non-hydrogen) atoms. The molecular weight excluding hydrogens is 398 g/mol. The number of hydrogen-bond donors (Lipinski definition) is 1. The van der Waals surface area contributed by atoms with E-state index in [9.17, 15) is 4.79 Å². The van der Waals surface area contributed by atoms with E-state index in [-0.39, 0.29) is 5.97 Å². The minimum absolute atomic E-state index is 0.330. The van der Waals surface area contributed by atoms with Crippen molar-refractivity contribution in [3.8, 4) is 0 Å². The average Bonchev–Trinajstić information content (AvgIpc) is 3.34. The second-order valence-electron chi connectivity index (χ2n) is 7.31. The molecule has 0 atom stereocenters. The Hall–Kier alpha value is -3.59. The molecule has 1 fully saturated rings. The standard InChI is InChI=1S/C22H23N5O4/c1-3-30-20(28)14-4-7-18-17(12-14)23-21(26(18)2)25-22-24-16-6-5-15(13-19(16)31-22)27-8-10-29-11-9-27/h4-7,12-13H,3,8-11H2,1-2H3,(H,23,24,25). The Balaban J connectivity index is 1.42. The van der Waals surface area contributed by atoms with Crippen LogP contribution in [0.4, 0.5) is 17.7 Å². The van der Waals surface area contributed by atoms with Gasteiger partial charge in [-0.2, -0.15) is 4.98 Å². The first-order chi connectivity index (χ1) is 15.1. The molecule has 0 radical (unpaired) electrons. The number of carbonyl (C=O) groups excluding carboxylic acids is 1. The van der Waals surface area contributed by atoms with Crippen molar-refractivity contribution in [2.45, 2.75) is 6.92 Å². The predicted octanol–water partition coefficient (Wildman–Crippen LogP) is 3.47. The topological polar surface area (TPSA) is 94.7 Å². The summed E-state index contributed by atoms with van der Waals surface area (Å²) in [4.78, 5) is 23.4. The highest BCUT2D eigenvalue weighted by molar-refractivity contribution is 5.94. The number of oxazole rings is 1. The van der Waals surface area contributed by atoms with Crippen molar-refractivity contribution in [2.24, 2.45) is 7.05 Å². The number of benzene rings is 2. The van der Waals surface area contributed by atoms with Crippen LogP contribution in [0.25, 0.3) is 22.1 Å². The molecule has 0 amide bonds. The number of hydrogen-bond acceptors (Lipinski definition) is 8. The van der Waals surface area contributed by atoms with Gasteiger partial charge in [-0.05, 0) is 37.3 Å². The lowest BCUT2D eigenvalue weighted by Crippen LogP contribution is -2.36. The molecule has 0 saturated carbocycles. The van der Waals surface area contributed by atoms with E-state index >= 15 is 0 Å². The summed E-state index contributed by atoms with van der Waals surface area (Å²) < 4.78 is 18.3. The molecule has 0 aliphatic carbocycles. The molecule has 1 aliphatic rings. The minimum Gasteiger partial charge on any atom is -0.462 e. The van der Waals surface area contributed by atoms with Gasteiger partial charge in [-0.3, -0.25) is 5.32 Å². The molecule has 1 N–H and O–H groups in total. The number of nitrogens with zero attached hydrogens (tertiary/aromatic N) is 4. The van der Waals surface area contributed by atoms with Crippen LogP contribution in [0.15, 0.2) is 40.8 Å². The number of esters is 1. The molecule has 4 aromatic rings. The lowest BCUT2D eigenvalue weighted by atomic mass is 10.2. The maximum Gasteiger partial charge on any atom is 0.338 e. The molecule has 1 aliphatic heterocycles. The zero-order valence-corrected chi connectivity index (χ0v) is 17.4. The van der Waals surface area contributed by atoms with Gasteiger partial charge < -0.3 is 23.4 Å². The van der Waals surface area contributed by atoms with Crippen LogP contribution in [-0.2, 0) is 16.5 Å². The highest BCUT2D eigenvalue weighted by atomic mass is 16.5.